The summed E-state index contributed by atoms with van der Waals surface area (Å²) in [7, 11) is 0. The molecule has 1 aromatic rings. The number of anilines is 1. The molecule has 0 aromatic heterocycles. The first-order valence-electron chi connectivity index (χ1n) is 7.50. The third-order valence-corrected chi connectivity index (χ3v) is 4.47. The predicted octanol–water partition coefficient (Wildman–Crippen LogP) is 1.55. The maximum atomic E-state index is 12.2. The van der Waals surface area contributed by atoms with Gasteiger partial charge in [-0.1, -0.05) is 18.2 Å². The van der Waals surface area contributed by atoms with E-state index >= 15 is 0 Å². The number of rotatable bonds is 3. The van der Waals surface area contributed by atoms with Crippen LogP contribution in [-0.2, 0) is 11.2 Å². The lowest BCUT2D eigenvalue weighted by molar-refractivity contribution is -0.124. The zero-order valence-corrected chi connectivity index (χ0v) is 11.6. The standard InChI is InChI=1S/C16H22N2O2/c19-14-6-5-11(7-14)9-18-16(20)13-8-12-3-1-2-4-15(12)17-10-13/h1-4,11,13-14,17,19H,5-10H2,(H,18,20). The third kappa shape index (κ3) is 2.96. The molecule has 0 saturated heterocycles. The van der Waals surface area contributed by atoms with Crippen molar-refractivity contribution in [2.75, 3.05) is 18.4 Å². The molecule has 1 aromatic carbocycles. The van der Waals surface area contributed by atoms with Gasteiger partial charge in [-0.15, -0.1) is 0 Å². The number of carbonyl (C=O) groups is 1. The van der Waals surface area contributed by atoms with Crippen molar-refractivity contribution in [3.63, 3.8) is 0 Å². The minimum atomic E-state index is -0.167. The monoisotopic (exact) mass is 274 g/mol. The number of aliphatic hydroxyl groups is 1. The Balaban J connectivity index is 1.51. The zero-order valence-electron chi connectivity index (χ0n) is 11.6. The molecule has 0 bridgehead atoms. The first-order valence-corrected chi connectivity index (χ1v) is 7.50. The van der Waals surface area contributed by atoms with E-state index in [2.05, 4.69) is 22.8 Å². The molecule has 1 saturated carbocycles. The molecule has 1 heterocycles. The average Bonchev–Trinajstić information content (AvgIpc) is 2.90. The summed E-state index contributed by atoms with van der Waals surface area (Å²) in [4.78, 5) is 12.2. The topological polar surface area (TPSA) is 61.4 Å². The predicted molar refractivity (Wildman–Crippen MR) is 78.5 cm³/mol. The molecule has 3 N–H and O–H groups in total. The molecule has 0 spiro atoms. The second kappa shape index (κ2) is 5.83. The molecule has 1 aliphatic heterocycles. The van der Waals surface area contributed by atoms with E-state index in [4.69, 9.17) is 0 Å². The molecule has 0 radical (unpaired) electrons. The number of carbonyl (C=O) groups excluding carboxylic acids is 1. The van der Waals surface area contributed by atoms with Gasteiger partial charge in [-0.05, 0) is 43.2 Å². The minimum Gasteiger partial charge on any atom is -0.393 e. The second-order valence-electron chi connectivity index (χ2n) is 6.02. The van der Waals surface area contributed by atoms with Crippen molar-refractivity contribution >= 4 is 11.6 Å². The van der Waals surface area contributed by atoms with E-state index in [1.54, 1.807) is 0 Å². The Kier molecular flexibility index (Phi) is 3.92. The lowest BCUT2D eigenvalue weighted by Gasteiger charge is -2.25. The quantitative estimate of drug-likeness (QED) is 0.783. The summed E-state index contributed by atoms with van der Waals surface area (Å²) in [6.45, 7) is 1.41. The van der Waals surface area contributed by atoms with Gasteiger partial charge >= 0.3 is 0 Å². The Morgan fingerprint density at radius 1 is 1.35 bits per heavy atom. The molecule has 1 amide bonds. The van der Waals surface area contributed by atoms with Gasteiger partial charge in [0.2, 0.25) is 5.91 Å². The highest BCUT2D eigenvalue weighted by Crippen LogP contribution is 2.26. The van der Waals surface area contributed by atoms with Crippen molar-refractivity contribution in [3.8, 4) is 0 Å². The fraction of sp³-hybridized carbons (Fsp3) is 0.562. The zero-order chi connectivity index (χ0) is 13.9. The Morgan fingerprint density at radius 3 is 3.00 bits per heavy atom. The van der Waals surface area contributed by atoms with E-state index in [0.29, 0.717) is 19.0 Å². The summed E-state index contributed by atoms with van der Waals surface area (Å²) >= 11 is 0. The van der Waals surface area contributed by atoms with Crippen LogP contribution in [0.3, 0.4) is 0 Å². The molecule has 1 aliphatic carbocycles. The van der Waals surface area contributed by atoms with Gasteiger partial charge in [-0.2, -0.15) is 0 Å². The van der Waals surface area contributed by atoms with Gasteiger partial charge in [-0.3, -0.25) is 4.79 Å². The summed E-state index contributed by atoms with van der Waals surface area (Å²) in [5, 5.41) is 15.9. The summed E-state index contributed by atoms with van der Waals surface area (Å²) in [6.07, 6.45) is 3.36. The van der Waals surface area contributed by atoms with Crippen molar-refractivity contribution in [3.05, 3.63) is 29.8 Å². The van der Waals surface area contributed by atoms with Crippen molar-refractivity contribution in [1.29, 1.82) is 0 Å². The fourth-order valence-electron chi connectivity index (χ4n) is 3.25. The van der Waals surface area contributed by atoms with Crippen LogP contribution in [0.1, 0.15) is 24.8 Å². The van der Waals surface area contributed by atoms with Crippen molar-refractivity contribution in [1.82, 2.24) is 5.32 Å². The lowest BCUT2D eigenvalue weighted by atomic mass is 9.93. The summed E-state index contributed by atoms with van der Waals surface area (Å²) in [5.74, 6) is 0.586. The fourth-order valence-corrected chi connectivity index (χ4v) is 3.25. The van der Waals surface area contributed by atoms with Crippen LogP contribution in [0.15, 0.2) is 24.3 Å². The average molecular weight is 274 g/mol. The van der Waals surface area contributed by atoms with E-state index in [1.165, 1.54) is 5.56 Å². The Morgan fingerprint density at radius 2 is 2.20 bits per heavy atom. The minimum absolute atomic E-state index is 0.0104. The van der Waals surface area contributed by atoms with Gasteiger partial charge in [0.05, 0.1) is 12.0 Å². The van der Waals surface area contributed by atoms with Crippen molar-refractivity contribution in [2.24, 2.45) is 11.8 Å². The Labute approximate surface area is 119 Å². The van der Waals surface area contributed by atoms with Crippen LogP contribution in [0.4, 0.5) is 5.69 Å². The van der Waals surface area contributed by atoms with Crippen molar-refractivity contribution < 1.29 is 9.90 Å². The van der Waals surface area contributed by atoms with Gasteiger partial charge in [-0.25, -0.2) is 0 Å². The number of hydrogen-bond acceptors (Lipinski definition) is 3. The van der Waals surface area contributed by atoms with Crippen LogP contribution in [0.25, 0.3) is 0 Å². The highest BCUT2D eigenvalue weighted by atomic mass is 16.3. The second-order valence-corrected chi connectivity index (χ2v) is 6.02. The molecule has 108 valence electrons. The summed E-state index contributed by atoms with van der Waals surface area (Å²) in [6, 6.07) is 8.16. The number of aliphatic hydroxyl groups excluding tert-OH is 1. The molecule has 3 atom stereocenters. The lowest BCUT2D eigenvalue weighted by Crippen LogP contribution is -2.39. The molecule has 3 rings (SSSR count). The molecule has 20 heavy (non-hydrogen) atoms. The van der Waals surface area contributed by atoms with Gasteiger partial charge < -0.3 is 15.7 Å². The van der Waals surface area contributed by atoms with Crippen LogP contribution in [-0.4, -0.2) is 30.2 Å². The number of fused-ring (bicyclic) bond motifs is 1. The normalized spacial score (nSPS) is 28.6. The maximum absolute atomic E-state index is 12.2. The molecule has 2 aliphatic rings. The Bertz CT molecular complexity index is 489. The van der Waals surface area contributed by atoms with E-state index in [1.807, 2.05) is 12.1 Å². The molecule has 4 nitrogen and oxygen atoms in total. The SMILES string of the molecule is O=C(NCC1CCC(O)C1)C1CNc2ccccc2C1. The highest BCUT2D eigenvalue weighted by Gasteiger charge is 2.26. The highest BCUT2D eigenvalue weighted by molar-refractivity contribution is 5.80. The van der Waals surface area contributed by atoms with Crippen LogP contribution in [0, 0.1) is 11.8 Å². The van der Waals surface area contributed by atoms with Gasteiger partial charge in [0.1, 0.15) is 0 Å². The first kappa shape index (κ1) is 13.4. The molecular formula is C16H22N2O2. The molecular weight excluding hydrogens is 252 g/mol. The summed E-state index contributed by atoms with van der Waals surface area (Å²) in [5.41, 5.74) is 2.37. The molecule has 1 fully saturated rings. The van der Waals surface area contributed by atoms with Crippen LogP contribution < -0.4 is 10.6 Å². The van der Waals surface area contributed by atoms with Gasteiger partial charge in [0.25, 0.3) is 0 Å². The number of amides is 1. The van der Waals surface area contributed by atoms with E-state index < -0.39 is 0 Å². The Hall–Kier alpha value is -1.55. The van der Waals surface area contributed by atoms with Crippen LogP contribution in [0.2, 0.25) is 0 Å². The maximum Gasteiger partial charge on any atom is 0.225 e. The van der Waals surface area contributed by atoms with Gasteiger partial charge in [0, 0.05) is 18.8 Å². The van der Waals surface area contributed by atoms with Crippen LogP contribution >= 0.6 is 0 Å². The van der Waals surface area contributed by atoms with E-state index in [0.717, 1.165) is 31.4 Å². The number of hydrogen-bond donors (Lipinski definition) is 3. The van der Waals surface area contributed by atoms with E-state index in [9.17, 15) is 9.90 Å². The molecule has 4 heteroatoms. The van der Waals surface area contributed by atoms with Gasteiger partial charge in [0.15, 0.2) is 0 Å². The number of benzene rings is 1. The summed E-state index contributed by atoms with van der Waals surface area (Å²) < 4.78 is 0. The smallest absolute Gasteiger partial charge is 0.225 e. The number of para-hydroxylation sites is 1. The largest absolute Gasteiger partial charge is 0.393 e. The first-order chi connectivity index (χ1) is 9.72. The molecule has 3 unspecified atom stereocenters. The number of nitrogens with one attached hydrogen (secondary N) is 2. The van der Waals surface area contributed by atoms with E-state index in [-0.39, 0.29) is 17.9 Å². The van der Waals surface area contributed by atoms with Crippen LogP contribution in [0.5, 0.6) is 0 Å². The van der Waals surface area contributed by atoms with Crippen molar-refractivity contribution in [2.45, 2.75) is 31.8 Å². The third-order valence-electron chi connectivity index (χ3n) is 4.47.